The zero-order valence-corrected chi connectivity index (χ0v) is 11.6. The molecule has 0 bridgehead atoms. The minimum Gasteiger partial charge on any atom is -0.294 e. The van der Waals surface area contributed by atoms with Crippen molar-refractivity contribution in [3.05, 3.63) is 58.7 Å². The Balaban J connectivity index is 2.15. The standard InChI is InChI=1S/C16H18N2O/c1-4-13-5-6-15(17-10-13)9-16(19)14-7-11(2)18-12(3)8-14/h5-8,10H,4,9H2,1-3H3. The van der Waals surface area contributed by atoms with Crippen molar-refractivity contribution in [1.29, 1.82) is 0 Å². The van der Waals surface area contributed by atoms with Gasteiger partial charge in [-0.15, -0.1) is 0 Å². The summed E-state index contributed by atoms with van der Waals surface area (Å²) in [6, 6.07) is 7.61. The third-order valence-corrected chi connectivity index (χ3v) is 3.04. The van der Waals surface area contributed by atoms with Gasteiger partial charge in [0.05, 0.1) is 6.42 Å². The number of hydrogen-bond donors (Lipinski definition) is 0. The van der Waals surface area contributed by atoms with Crippen molar-refractivity contribution < 1.29 is 4.79 Å². The second kappa shape index (κ2) is 5.74. The molecule has 0 aromatic carbocycles. The third-order valence-electron chi connectivity index (χ3n) is 3.04. The number of hydrogen-bond acceptors (Lipinski definition) is 3. The fraction of sp³-hybridized carbons (Fsp3) is 0.312. The molecule has 2 heterocycles. The van der Waals surface area contributed by atoms with Gasteiger partial charge in [0.15, 0.2) is 5.78 Å². The number of carbonyl (C=O) groups is 1. The number of pyridine rings is 2. The normalized spacial score (nSPS) is 10.5. The van der Waals surface area contributed by atoms with Gasteiger partial charge in [-0.05, 0) is 44.0 Å². The summed E-state index contributed by atoms with van der Waals surface area (Å²) in [6.45, 7) is 5.89. The summed E-state index contributed by atoms with van der Waals surface area (Å²) < 4.78 is 0. The molecule has 19 heavy (non-hydrogen) atoms. The van der Waals surface area contributed by atoms with E-state index in [1.807, 2.05) is 44.3 Å². The predicted molar refractivity (Wildman–Crippen MR) is 75.4 cm³/mol. The van der Waals surface area contributed by atoms with Crippen LogP contribution in [0.5, 0.6) is 0 Å². The van der Waals surface area contributed by atoms with Gasteiger partial charge in [-0.25, -0.2) is 0 Å². The SMILES string of the molecule is CCc1ccc(CC(=O)c2cc(C)nc(C)c2)nc1. The molecule has 0 radical (unpaired) electrons. The van der Waals surface area contributed by atoms with Crippen LogP contribution in [-0.4, -0.2) is 15.8 Å². The molecule has 0 N–H and O–H groups in total. The lowest BCUT2D eigenvalue weighted by Crippen LogP contribution is -2.06. The van der Waals surface area contributed by atoms with E-state index in [1.54, 1.807) is 0 Å². The van der Waals surface area contributed by atoms with E-state index >= 15 is 0 Å². The number of aryl methyl sites for hydroxylation is 3. The molecule has 0 saturated heterocycles. The number of carbonyl (C=O) groups excluding carboxylic acids is 1. The smallest absolute Gasteiger partial charge is 0.168 e. The van der Waals surface area contributed by atoms with Crippen LogP contribution >= 0.6 is 0 Å². The van der Waals surface area contributed by atoms with Crippen molar-refractivity contribution in [1.82, 2.24) is 9.97 Å². The van der Waals surface area contributed by atoms with E-state index in [2.05, 4.69) is 16.9 Å². The highest BCUT2D eigenvalue weighted by atomic mass is 16.1. The Labute approximate surface area is 113 Å². The molecule has 3 heteroatoms. The van der Waals surface area contributed by atoms with Gasteiger partial charge in [-0.1, -0.05) is 13.0 Å². The van der Waals surface area contributed by atoms with Crippen LogP contribution in [-0.2, 0) is 12.8 Å². The van der Waals surface area contributed by atoms with E-state index in [-0.39, 0.29) is 5.78 Å². The van der Waals surface area contributed by atoms with Crippen molar-refractivity contribution in [2.24, 2.45) is 0 Å². The van der Waals surface area contributed by atoms with Crippen LogP contribution in [0.15, 0.2) is 30.5 Å². The lowest BCUT2D eigenvalue weighted by molar-refractivity contribution is 0.0991. The Bertz CT molecular complexity index is 568. The highest BCUT2D eigenvalue weighted by Gasteiger charge is 2.09. The van der Waals surface area contributed by atoms with Crippen molar-refractivity contribution in [3.63, 3.8) is 0 Å². The molecule has 0 fully saturated rings. The summed E-state index contributed by atoms with van der Waals surface area (Å²) in [4.78, 5) is 20.8. The van der Waals surface area contributed by atoms with E-state index < -0.39 is 0 Å². The summed E-state index contributed by atoms with van der Waals surface area (Å²) in [5, 5.41) is 0. The van der Waals surface area contributed by atoms with Crippen molar-refractivity contribution in [2.45, 2.75) is 33.6 Å². The van der Waals surface area contributed by atoms with E-state index in [0.717, 1.165) is 23.5 Å². The molecule has 0 aliphatic rings. The Morgan fingerprint density at radius 3 is 2.37 bits per heavy atom. The van der Waals surface area contributed by atoms with E-state index in [9.17, 15) is 4.79 Å². The number of ketones is 1. The van der Waals surface area contributed by atoms with Crippen LogP contribution in [0.4, 0.5) is 0 Å². The zero-order chi connectivity index (χ0) is 13.8. The Morgan fingerprint density at radius 1 is 1.16 bits per heavy atom. The molecule has 0 spiro atoms. The third kappa shape index (κ3) is 3.47. The van der Waals surface area contributed by atoms with Gasteiger partial charge >= 0.3 is 0 Å². The number of Topliss-reactive ketones (excluding diaryl/α,β-unsaturated/α-hetero) is 1. The summed E-state index contributed by atoms with van der Waals surface area (Å²) in [6.07, 6.45) is 3.14. The maximum Gasteiger partial charge on any atom is 0.168 e. The number of aromatic nitrogens is 2. The van der Waals surface area contributed by atoms with Crippen LogP contribution in [0.2, 0.25) is 0 Å². The molecule has 2 rings (SSSR count). The van der Waals surface area contributed by atoms with Crippen LogP contribution < -0.4 is 0 Å². The first kappa shape index (κ1) is 13.4. The van der Waals surface area contributed by atoms with Crippen LogP contribution in [0, 0.1) is 13.8 Å². The number of nitrogens with zero attached hydrogens (tertiary/aromatic N) is 2. The summed E-state index contributed by atoms with van der Waals surface area (Å²) >= 11 is 0. The molecule has 0 atom stereocenters. The minimum absolute atomic E-state index is 0.0883. The summed E-state index contributed by atoms with van der Waals surface area (Å²) in [5.41, 5.74) is 4.46. The van der Waals surface area contributed by atoms with Gasteiger partial charge in [0.2, 0.25) is 0 Å². The molecule has 0 aliphatic carbocycles. The van der Waals surface area contributed by atoms with E-state index in [1.165, 1.54) is 5.56 Å². The van der Waals surface area contributed by atoms with Gasteiger partial charge in [-0.3, -0.25) is 14.8 Å². The average Bonchev–Trinajstić information content (AvgIpc) is 2.38. The number of rotatable bonds is 4. The first-order valence-corrected chi connectivity index (χ1v) is 6.50. The minimum atomic E-state index is 0.0883. The second-order valence-corrected chi connectivity index (χ2v) is 4.75. The molecule has 0 aliphatic heterocycles. The average molecular weight is 254 g/mol. The fourth-order valence-electron chi connectivity index (χ4n) is 2.03. The maximum absolute atomic E-state index is 12.2. The molecule has 3 nitrogen and oxygen atoms in total. The summed E-state index contributed by atoms with van der Waals surface area (Å²) in [5.74, 6) is 0.0883. The second-order valence-electron chi connectivity index (χ2n) is 4.75. The summed E-state index contributed by atoms with van der Waals surface area (Å²) in [7, 11) is 0. The molecular weight excluding hydrogens is 236 g/mol. The lowest BCUT2D eigenvalue weighted by atomic mass is 10.0. The topological polar surface area (TPSA) is 42.9 Å². The van der Waals surface area contributed by atoms with Crippen molar-refractivity contribution in [2.75, 3.05) is 0 Å². The van der Waals surface area contributed by atoms with E-state index in [0.29, 0.717) is 12.0 Å². The van der Waals surface area contributed by atoms with Crippen molar-refractivity contribution in [3.8, 4) is 0 Å². The van der Waals surface area contributed by atoms with Gasteiger partial charge in [0.25, 0.3) is 0 Å². The predicted octanol–water partition coefficient (Wildman–Crippen LogP) is 3.08. The highest BCUT2D eigenvalue weighted by Crippen LogP contribution is 2.10. The molecule has 2 aromatic heterocycles. The molecule has 0 amide bonds. The van der Waals surface area contributed by atoms with E-state index in [4.69, 9.17) is 0 Å². The van der Waals surface area contributed by atoms with Crippen LogP contribution in [0.25, 0.3) is 0 Å². The maximum atomic E-state index is 12.2. The van der Waals surface area contributed by atoms with Gasteiger partial charge in [-0.2, -0.15) is 0 Å². The highest BCUT2D eigenvalue weighted by molar-refractivity contribution is 5.97. The Kier molecular flexibility index (Phi) is 4.05. The fourth-order valence-corrected chi connectivity index (χ4v) is 2.03. The molecule has 0 saturated carbocycles. The molecule has 0 unspecified atom stereocenters. The quantitative estimate of drug-likeness (QED) is 0.787. The zero-order valence-electron chi connectivity index (χ0n) is 11.6. The van der Waals surface area contributed by atoms with Gasteiger partial charge < -0.3 is 0 Å². The van der Waals surface area contributed by atoms with Gasteiger partial charge in [0, 0.05) is 28.8 Å². The molecular formula is C16H18N2O. The van der Waals surface area contributed by atoms with Gasteiger partial charge in [0.1, 0.15) is 0 Å². The largest absolute Gasteiger partial charge is 0.294 e. The monoisotopic (exact) mass is 254 g/mol. The Hall–Kier alpha value is -2.03. The van der Waals surface area contributed by atoms with Crippen LogP contribution in [0.3, 0.4) is 0 Å². The molecule has 2 aromatic rings. The Morgan fingerprint density at radius 2 is 1.84 bits per heavy atom. The lowest BCUT2D eigenvalue weighted by Gasteiger charge is -2.04. The van der Waals surface area contributed by atoms with Crippen LogP contribution in [0.1, 0.15) is 39.9 Å². The first-order chi connectivity index (χ1) is 9.08. The first-order valence-electron chi connectivity index (χ1n) is 6.50. The molecule has 98 valence electrons. The van der Waals surface area contributed by atoms with Crippen molar-refractivity contribution >= 4 is 5.78 Å².